The molecular weight excluding hydrogens is 220 g/mol. The van der Waals surface area contributed by atoms with Crippen molar-refractivity contribution in [1.29, 1.82) is 0 Å². The number of nitrogens with zero attached hydrogens (tertiary/aromatic N) is 1. The van der Waals surface area contributed by atoms with Gasteiger partial charge in [0.1, 0.15) is 0 Å². The zero-order chi connectivity index (χ0) is 13.0. The molecule has 1 saturated heterocycles. The topological polar surface area (TPSA) is 15.3 Å². The lowest BCUT2D eigenvalue weighted by molar-refractivity contribution is 0.484. The molecule has 1 aromatic carbocycles. The minimum Gasteiger partial charge on any atom is -0.370 e. The predicted octanol–water partition coefficient (Wildman–Crippen LogP) is 3.39. The van der Waals surface area contributed by atoms with E-state index in [0.717, 1.165) is 6.54 Å². The zero-order valence-electron chi connectivity index (χ0n) is 11.9. The van der Waals surface area contributed by atoms with E-state index < -0.39 is 0 Å². The van der Waals surface area contributed by atoms with Crippen LogP contribution in [-0.2, 0) is 0 Å². The fourth-order valence-corrected chi connectivity index (χ4v) is 2.75. The highest BCUT2D eigenvalue weighted by Crippen LogP contribution is 2.28. The first-order valence-corrected chi connectivity index (χ1v) is 7.25. The summed E-state index contributed by atoms with van der Waals surface area (Å²) in [6.07, 6.45) is 2.57. The smallest absolute Gasteiger partial charge is 0.0401 e. The van der Waals surface area contributed by atoms with Gasteiger partial charge in [-0.3, -0.25) is 0 Å². The number of anilines is 1. The molecule has 1 aromatic rings. The molecule has 1 N–H and O–H groups in total. The summed E-state index contributed by atoms with van der Waals surface area (Å²) < 4.78 is 0. The lowest BCUT2D eigenvalue weighted by atomic mass is 9.99. The Balaban J connectivity index is 2.22. The van der Waals surface area contributed by atoms with Crippen molar-refractivity contribution >= 4 is 5.69 Å². The van der Waals surface area contributed by atoms with Crippen LogP contribution in [0.5, 0.6) is 0 Å². The lowest BCUT2D eigenvalue weighted by Gasteiger charge is -2.33. The third-order valence-corrected chi connectivity index (χ3v) is 3.74. The van der Waals surface area contributed by atoms with Crippen molar-refractivity contribution < 1.29 is 0 Å². The average Bonchev–Trinajstić information content (AvgIpc) is 2.33. The molecule has 2 nitrogen and oxygen atoms in total. The summed E-state index contributed by atoms with van der Waals surface area (Å²) in [5.41, 5.74) is 2.91. The van der Waals surface area contributed by atoms with E-state index in [1.165, 1.54) is 37.2 Å². The predicted molar refractivity (Wildman–Crippen MR) is 79.4 cm³/mol. The highest BCUT2D eigenvalue weighted by atomic mass is 15.2. The maximum absolute atomic E-state index is 3.59. The summed E-state index contributed by atoms with van der Waals surface area (Å²) in [6, 6.07) is 9.45. The molecule has 0 radical (unpaired) electrons. The van der Waals surface area contributed by atoms with Gasteiger partial charge in [0.05, 0.1) is 0 Å². The van der Waals surface area contributed by atoms with Gasteiger partial charge in [-0.1, -0.05) is 32.0 Å². The maximum Gasteiger partial charge on any atom is 0.0401 e. The summed E-state index contributed by atoms with van der Waals surface area (Å²) in [7, 11) is 0. The van der Waals surface area contributed by atoms with Crippen LogP contribution in [0.3, 0.4) is 0 Å². The van der Waals surface area contributed by atoms with Gasteiger partial charge in [-0.25, -0.2) is 0 Å². The normalized spacial score (nSPS) is 21.8. The largest absolute Gasteiger partial charge is 0.370 e. The van der Waals surface area contributed by atoms with Crippen LogP contribution >= 0.6 is 0 Å². The molecule has 1 heterocycles. The van der Waals surface area contributed by atoms with Gasteiger partial charge >= 0.3 is 0 Å². The molecule has 1 atom stereocenters. The summed E-state index contributed by atoms with van der Waals surface area (Å²) >= 11 is 0. The lowest BCUT2D eigenvalue weighted by Crippen LogP contribution is -2.42. The number of para-hydroxylation sites is 1. The van der Waals surface area contributed by atoms with Gasteiger partial charge < -0.3 is 10.2 Å². The van der Waals surface area contributed by atoms with Crippen molar-refractivity contribution in [3.05, 3.63) is 29.8 Å². The van der Waals surface area contributed by atoms with E-state index in [1.807, 2.05) is 0 Å². The molecule has 18 heavy (non-hydrogen) atoms. The van der Waals surface area contributed by atoms with E-state index in [4.69, 9.17) is 0 Å². The molecule has 0 aliphatic carbocycles. The number of benzene rings is 1. The van der Waals surface area contributed by atoms with Crippen LogP contribution in [-0.4, -0.2) is 25.7 Å². The number of hydrogen-bond acceptors (Lipinski definition) is 2. The molecule has 0 saturated carbocycles. The average molecular weight is 246 g/mol. The number of nitrogens with one attached hydrogen (secondary N) is 1. The van der Waals surface area contributed by atoms with Gasteiger partial charge in [-0.2, -0.15) is 0 Å². The molecule has 1 aliphatic heterocycles. The Bertz CT molecular complexity index is 373. The quantitative estimate of drug-likeness (QED) is 0.860. The third kappa shape index (κ3) is 3.26. The van der Waals surface area contributed by atoms with Gasteiger partial charge in [-0.15, -0.1) is 0 Å². The molecule has 2 heteroatoms. The van der Waals surface area contributed by atoms with Crippen molar-refractivity contribution in [3.63, 3.8) is 0 Å². The van der Waals surface area contributed by atoms with Crippen LogP contribution in [0.15, 0.2) is 24.3 Å². The van der Waals surface area contributed by atoms with Crippen molar-refractivity contribution in [1.82, 2.24) is 5.32 Å². The molecule has 0 spiro atoms. The molecule has 100 valence electrons. The third-order valence-electron chi connectivity index (χ3n) is 3.74. The van der Waals surface area contributed by atoms with Gasteiger partial charge in [0.25, 0.3) is 0 Å². The second-order valence-corrected chi connectivity index (χ2v) is 5.72. The Morgan fingerprint density at radius 3 is 2.78 bits per heavy atom. The molecule has 0 amide bonds. The monoisotopic (exact) mass is 246 g/mol. The van der Waals surface area contributed by atoms with Crippen LogP contribution in [0.2, 0.25) is 0 Å². The van der Waals surface area contributed by atoms with E-state index in [0.29, 0.717) is 12.0 Å². The standard InChI is InChI=1S/C16H26N2/c1-13(2)15-8-4-5-9-16(15)18-11-7-6-10-17-14(3)12-18/h4-5,8-9,13-14,17H,6-7,10-12H2,1-3H3. The molecular formula is C16H26N2. The van der Waals surface area contributed by atoms with Gasteiger partial charge in [0, 0.05) is 24.8 Å². The van der Waals surface area contributed by atoms with E-state index in [2.05, 4.69) is 55.3 Å². The van der Waals surface area contributed by atoms with E-state index >= 15 is 0 Å². The van der Waals surface area contributed by atoms with Crippen molar-refractivity contribution in [2.75, 3.05) is 24.5 Å². The van der Waals surface area contributed by atoms with Crippen LogP contribution in [0.4, 0.5) is 5.69 Å². The Morgan fingerprint density at radius 2 is 2.00 bits per heavy atom. The maximum atomic E-state index is 3.59. The van der Waals surface area contributed by atoms with Crippen molar-refractivity contribution in [2.24, 2.45) is 0 Å². The zero-order valence-corrected chi connectivity index (χ0v) is 11.9. The molecule has 0 aromatic heterocycles. The SMILES string of the molecule is CC1CN(c2ccccc2C(C)C)CCCCN1. The number of hydrogen-bond donors (Lipinski definition) is 1. The first-order chi connectivity index (χ1) is 8.68. The highest BCUT2D eigenvalue weighted by Gasteiger charge is 2.16. The minimum absolute atomic E-state index is 0.575. The summed E-state index contributed by atoms with van der Waals surface area (Å²) in [5, 5.41) is 3.59. The van der Waals surface area contributed by atoms with Crippen molar-refractivity contribution in [2.45, 2.75) is 45.6 Å². The molecule has 1 fully saturated rings. The second kappa shape index (κ2) is 6.24. The molecule has 2 rings (SSSR count). The first-order valence-electron chi connectivity index (χ1n) is 7.25. The molecule has 1 aliphatic rings. The summed E-state index contributed by atoms with van der Waals surface area (Å²) in [4.78, 5) is 2.56. The van der Waals surface area contributed by atoms with Crippen molar-refractivity contribution in [3.8, 4) is 0 Å². The van der Waals surface area contributed by atoms with Crippen LogP contribution < -0.4 is 10.2 Å². The highest BCUT2D eigenvalue weighted by molar-refractivity contribution is 5.55. The first kappa shape index (κ1) is 13.4. The van der Waals surface area contributed by atoms with Crippen LogP contribution in [0, 0.1) is 0 Å². The Hall–Kier alpha value is -1.02. The number of rotatable bonds is 2. The van der Waals surface area contributed by atoms with E-state index in [9.17, 15) is 0 Å². The molecule has 0 bridgehead atoms. The summed E-state index contributed by atoms with van der Waals surface area (Å²) in [6.45, 7) is 10.3. The molecule has 1 unspecified atom stereocenters. The van der Waals surface area contributed by atoms with Gasteiger partial charge in [0.15, 0.2) is 0 Å². The fourth-order valence-electron chi connectivity index (χ4n) is 2.75. The van der Waals surface area contributed by atoms with Gasteiger partial charge in [0.2, 0.25) is 0 Å². The van der Waals surface area contributed by atoms with Gasteiger partial charge in [-0.05, 0) is 43.9 Å². The fraction of sp³-hybridized carbons (Fsp3) is 0.625. The Labute approximate surface area is 111 Å². The van der Waals surface area contributed by atoms with E-state index in [1.54, 1.807) is 0 Å². The van der Waals surface area contributed by atoms with E-state index in [-0.39, 0.29) is 0 Å². The Kier molecular flexibility index (Phi) is 4.65. The minimum atomic E-state index is 0.575. The summed E-state index contributed by atoms with van der Waals surface area (Å²) in [5.74, 6) is 0.593. The van der Waals surface area contributed by atoms with Crippen LogP contribution in [0.1, 0.15) is 45.1 Å². The van der Waals surface area contributed by atoms with Crippen LogP contribution in [0.25, 0.3) is 0 Å². The second-order valence-electron chi connectivity index (χ2n) is 5.72. The Morgan fingerprint density at radius 1 is 1.22 bits per heavy atom.